The van der Waals surface area contributed by atoms with Gasteiger partial charge in [0.25, 0.3) is 0 Å². The third-order valence-electron chi connectivity index (χ3n) is 6.27. The fraction of sp³-hybridized carbons (Fsp3) is 0.812. The van der Waals surface area contributed by atoms with Crippen molar-refractivity contribution >= 4 is 5.78 Å². The van der Waals surface area contributed by atoms with Crippen molar-refractivity contribution in [2.45, 2.75) is 52.1 Å². The van der Waals surface area contributed by atoms with Crippen molar-refractivity contribution < 1.29 is 15.0 Å². The van der Waals surface area contributed by atoms with Crippen molar-refractivity contribution in [3.05, 3.63) is 11.6 Å². The quantitative estimate of drug-likeness (QED) is 0.762. The lowest BCUT2D eigenvalue weighted by Crippen LogP contribution is -2.55. The number of carbonyl (C=O) groups excluding carboxylic acids is 1. The molecule has 0 aromatic carbocycles. The highest BCUT2D eigenvalue weighted by atomic mass is 16.3. The summed E-state index contributed by atoms with van der Waals surface area (Å²) in [6.07, 6.45) is 5.82. The van der Waals surface area contributed by atoms with Gasteiger partial charge in [-0.1, -0.05) is 19.4 Å². The molecule has 0 spiro atoms. The second-order valence-electron chi connectivity index (χ2n) is 7.23. The summed E-state index contributed by atoms with van der Waals surface area (Å²) in [5, 5.41) is 20.1. The number of hydrogen-bond acceptors (Lipinski definition) is 3. The Kier molecular flexibility index (Phi) is 2.92. The highest BCUT2D eigenvalue weighted by Gasteiger charge is 2.57. The van der Waals surface area contributed by atoms with Crippen LogP contribution in [-0.2, 0) is 4.79 Å². The van der Waals surface area contributed by atoms with Crippen LogP contribution in [0.4, 0.5) is 0 Å². The standard InChI is InChI=1S/C16H24O3/c1-15-6-5-14(19)16(2,9-17)13(15)4-3-10-7-11(18)8-12(10)15/h8,10,13-14,17,19H,3-7,9H2,1-2H3/t10?,13-,14?,15-,16+/m1/s1. The molecule has 3 aliphatic rings. The second kappa shape index (κ2) is 4.16. The fourth-order valence-corrected chi connectivity index (χ4v) is 5.07. The van der Waals surface area contributed by atoms with Gasteiger partial charge in [-0.05, 0) is 49.0 Å². The first-order valence-electron chi connectivity index (χ1n) is 7.45. The molecule has 5 atom stereocenters. The van der Waals surface area contributed by atoms with E-state index in [-0.39, 0.29) is 23.7 Å². The monoisotopic (exact) mass is 264 g/mol. The van der Waals surface area contributed by atoms with Crippen molar-refractivity contribution in [1.82, 2.24) is 0 Å². The molecule has 2 fully saturated rings. The first-order chi connectivity index (χ1) is 8.91. The number of ketones is 1. The maximum absolute atomic E-state index is 11.7. The average molecular weight is 264 g/mol. The van der Waals surface area contributed by atoms with Gasteiger partial charge in [-0.2, -0.15) is 0 Å². The largest absolute Gasteiger partial charge is 0.396 e. The third-order valence-corrected chi connectivity index (χ3v) is 6.27. The minimum absolute atomic E-state index is 0.00815. The number of hydrogen-bond donors (Lipinski definition) is 2. The molecule has 19 heavy (non-hydrogen) atoms. The van der Waals surface area contributed by atoms with E-state index in [4.69, 9.17) is 0 Å². The van der Waals surface area contributed by atoms with Crippen LogP contribution in [0.1, 0.15) is 46.0 Å². The lowest BCUT2D eigenvalue weighted by atomic mass is 9.48. The van der Waals surface area contributed by atoms with Crippen LogP contribution in [-0.4, -0.2) is 28.7 Å². The molecule has 0 heterocycles. The zero-order chi connectivity index (χ0) is 13.8. The van der Waals surface area contributed by atoms with Gasteiger partial charge < -0.3 is 10.2 Å². The molecule has 3 nitrogen and oxygen atoms in total. The Morgan fingerprint density at radius 1 is 1.32 bits per heavy atom. The summed E-state index contributed by atoms with van der Waals surface area (Å²) in [5.74, 6) is 0.966. The number of aliphatic hydroxyl groups excluding tert-OH is 2. The molecule has 3 heteroatoms. The molecule has 2 saturated carbocycles. The fourth-order valence-electron chi connectivity index (χ4n) is 5.07. The van der Waals surface area contributed by atoms with Crippen molar-refractivity contribution in [2.75, 3.05) is 6.61 Å². The molecule has 3 rings (SSSR count). The van der Waals surface area contributed by atoms with Crippen LogP contribution < -0.4 is 0 Å². The van der Waals surface area contributed by atoms with Crippen LogP contribution in [0.5, 0.6) is 0 Å². The van der Waals surface area contributed by atoms with Crippen LogP contribution in [0.15, 0.2) is 11.6 Å². The zero-order valence-electron chi connectivity index (χ0n) is 11.9. The van der Waals surface area contributed by atoms with Crippen molar-refractivity contribution in [3.8, 4) is 0 Å². The highest BCUT2D eigenvalue weighted by Crippen LogP contribution is 2.62. The molecule has 106 valence electrons. The molecule has 0 saturated heterocycles. The molecule has 0 aliphatic heterocycles. The average Bonchev–Trinajstić information content (AvgIpc) is 2.76. The number of rotatable bonds is 1. The Balaban J connectivity index is 2.03. The van der Waals surface area contributed by atoms with Crippen molar-refractivity contribution in [2.24, 2.45) is 22.7 Å². The predicted octanol–water partition coefficient (Wildman–Crippen LogP) is 2.07. The van der Waals surface area contributed by atoms with Gasteiger partial charge in [0, 0.05) is 11.8 Å². The molecule has 0 amide bonds. The van der Waals surface area contributed by atoms with E-state index < -0.39 is 11.5 Å². The molecular formula is C16H24O3. The molecule has 0 aromatic rings. The smallest absolute Gasteiger partial charge is 0.156 e. The maximum atomic E-state index is 11.7. The molecule has 0 aromatic heterocycles. The van der Waals surface area contributed by atoms with Gasteiger partial charge in [-0.3, -0.25) is 4.79 Å². The SMILES string of the molecule is C[C@]12CCC(O)[C@@](C)(CO)[C@@H]1CCC1CC(=O)C=C12. The normalized spacial score (nSPS) is 49.6. The van der Waals surface area contributed by atoms with E-state index in [0.717, 1.165) is 25.7 Å². The lowest BCUT2D eigenvalue weighted by Gasteiger charge is -2.58. The van der Waals surface area contributed by atoms with Gasteiger partial charge >= 0.3 is 0 Å². The van der Waals surface area contributed by atoms with Crippen LogP contribution >= 0.6 is 0 Å². The highest BCUT2D eigenvalue weighted by molar-refractivity contribution is 5.94. The topological polar surface area (TPSA) is 57.5 Å². The van der Waals surface area contributed by atoms with Gasteiger partial charge in [-0.15, -0.1) is 0 Å². The second-order valence-corrected chi connectivity index (χ2v) is 7.23. The summed E-state index contributed by atoms with van der Waals surface area (Å²) in [4.78, 5) is 11.7. The van der Waals surface area contributed by atoms with Crippen LogP contribution in [0.2, 0.25) is 0 Å². The summed E-state index contributed by atoms with van der Waals surface area (Å²) in [6.45, 7) is 4.28. The van der Waals surface area contributed by atoms with E-state index in [0.29, 0.717) is 12.3 Å². The number of aliphatic hydroxyl groups is 2. The Morgan fingerprint density at radius 3 is 2.74 bits per heavy atom. The van der Waals surface area contributed by atoms with Crippen LogP contribution in [0.3, 0.4) is 0 Å². The van der Waals surface area contributed by atoms with Crippen LogP contribution in [0, 0.1) is 22.7 Å². The molecule has 0 bridgehead atoms. The van der Waals surface area contributed by atoms with Crippen molar-refractivity contribution in [3.63, 3.8) is 0 Å². The number of carbonyl (C=O) groups is 1. The molecule has 0 radical (unpaired) electrons. The van der Waals surface area contributed by atoms with E-state index in [2.05, 4.69) is 6.92 Å². The Hall–Kier alpha value is -0.670. The Bertz CT molecular complexity index is 441. The van der Waals surface area contributed by atoms with Gasteiger partial charge in [0.05, 0.1) is 12.7 Å². The minimum Gasteiger partial charge on any atom is -0.396 e. The molecular weight excluding hydrogens is 240 g/mol. The van der Waals surface area contributed by atoms with Gasteiger partial charge in [0.1, 0.15) is 0 Å². The molecule has 2 N–H and O–H groups in total. The van der Waals surface area contributed by atoms with E-state index in [1.807, 2.05) is 13.0 Å². The summed E-state index contributed by atoms with van der Waals surface area (Å²) < 4.78 is 0. The van der Waals surface area contributed by atoms with E-state index in [1.165, 1.54) is 5.57 Å². The number of allylic oxidation sites excluding steroid dienone is 2. The van der Waals surface area contributed by atoms with E-state index in [1.54, 1.807) is 0 Å². The van der Waals surface area contributed by atoms with Crippen LogP contribution in [0.25, 0.3) is 0 Å². The third kappa shape index (κ3) is 1.67. The van der Waals surface area contributed by atoms with E-state index >= 15 is 0 Å². The molecule has 3 aliphatic carbocycles. The maximum Gasteiger partial charge on any atom is 0.156 e. The first-order valence-corrected chi connectivity index (χ1v) is 7.45. The number of fused-ring (bicyclic) bond motifs is 3. The van der Waals surface area contributed by atoms with Gasteiger partial charge in [-0.25, -0.2) is 0 Å². The first kappa shape index (κ1) is 13.3. The summed E-state index contributed by atoms with van der Waals surface area (Å²) in [5.41, 5.74) is 0.872. The lowest BCUT2D eigenvalue weighted by molar-refractivity contribution is -0.130. The van der Waals surface area contributed by atoms with Gasteiger partial charge in [0.15, 0.2) is 5.78 Å². The van der Waals surface area contributed by atoms with Gasteiger partial charge in [0.2, 0.25) is 0 Å². The van der Waals surface area contributed by atoms with Crippen molar-refractivity contribution in [1.29, 1.82) is 0 Å². The van der Waals surface area contributed by atoms with E-state index in [9.17, 15) is 15.0 Å². The summed E-state index contributed by atoms with van der Waals surface area (Å²) in [7, 11) is 0. The molecule has 2 unspecified atom stereocenters. The zero-order valence-corrected chi connectivity index (χ0v) is 11.9. The summed E-state index contributed by atoms with van der Waals surface area (Å²) in [6, 6.07) is 0. The Labute approximate surface area is 114 Å². The minimum atomic E-state index is -0.426. The summed E-state index contributed by atoms with van der Waals surface area (Å²) >= 11 is 0. The Morgan fingerprint density at radius 2 is 2.05 bits per heavy atom. The predicted molar refractivity (Wildman–Crippen MR) is 72.5 cm³/mol.